The summed E-state index contributed by atoms with van der Waals surface area (Å²) in [6.07, 6.45) is 8.20. The molecule has 0 spiro atoms. The average Bonchev–Trinajstić information content (AvgIpc) is 3.13. The molecule has 2 heterocycles. The summed E-state index contributed by atoms with van der Waals surface area (Å²) in [6.45, 7) is 2.95. The Bertz CT molecular complexity index is 800. The highest BCUT2D eigenvalue weighted by Crippen LogP contribution is 2.42. The zero-order chi connectivity index (χ0) is 16.5. The van der Waals surface area contributed by atoms with Gasteiger partial charge >= 0.3 is 0 Å². The van der Waals surface area contributed by atoms with E-state index in [1.807, 2.05) is 12.1 Å². The van der Waals surface area contributed by atoms with Crippen LogP contribution in [0.25, 0.3) is 0 Å². The van der Waals surface area contributed by atoms with Crippen LogP contribution < -0.4 is 0 Å². The number of hydrogen-bond donors (Lipinski definition) is 0. The van der Waals surface area contributed by atoms with Gasteiger partial charge in [0.05, 0.1) is 12.5 Å². The molecule has 4 rings (SSSR count). The minimum Gasteiger partial charge on any atom is -0.472 e. The standard InChI is InChI=1S/C21H21NO2/c1-15-12-18(17-10-11-24-14-17)21-19(8-5-9-20(21)23)22(15)13-16-6-3-2-4-7-16/h2-4,6-7,10-12,14,18H,5,8-9,13H2,1H3. The van der Waals surface area contributed by atoms with E-state index in [9.17, 15) is 4.79 Å². The van der Waals surface area contributed by atoms with Crippen molar-refractivity contribution in [1.29, 1.82) is 0 Å². The summed E-state index contributed by atoms with van der Waals surface area (Å²) in [6, 6.07) is 12.4. The van der Waals surface area contributed by atoms with Crippen LogP contribution in [0, 0.1) is 0 Å². The van der Waals surface area contributed by atoms with Crippen LogP contribution in [0.15, 0.2) is 76.4 Å². The van der Waals surface area contributed by atoms with Crippen molar-refractivity contribution < 1.29 is 9.21 Å². The van der Waals surface area contributed by atoms with Gasteiger partial charge in [0.2, 0.25) is 0 Å². The predicted octanol–water partition coefficient (Wildman–Crippen LogP) is 4.79. The van der Waals surface area contributed by atoms with Crippen LogP contribution in [0.3, 0.4) is 0 Å². The highest BCUT2D eigenvalue weighted by atomic mass is 16.3. The molecule has 1 aliphatic heterocycles. The summed E-state index contributed by atoms with van der Waals surface area (Å²) in [5.74, 6) is 0.308. The molecule has 0 radical (unpaired) electrons. The third-order valence-corrected chi connectivity index (χ3v) is 4.98. The Balaban J connectivity index is 1.76. The number of rotatable bonds is 3. The van der Waals surface area contributed by atoms with Crippen molar-refractivity contribution in [2.24, 2.45) is 0 Å². The van der Waals surface area contributed by atoms with E-state index in [-0.39, 0.29) is 11.7 Å². The lowest BCUT2D eigenvalue weighted by molar-refractivity contribution is -0.116. The monoisotopic (exact) mass is 319 g/mol. The zero-order valence-electron chi connectivity index (χ0n) is 13.9. The molecule has 1 atom stereocenters. The van der Waals surface area contributed by atoms with E-state index >= 15 is 0 Å². The number of benzene rings is 1. The number of Topliss-reactive ketones (excluding diaryl/α,β-unsaturated/α-hetero) is 1. The Morgan fingerprint density at radius 3 is 2.75 bits per heavy atom. The van der Waals surface area contributed by atoms with Gasteiger partial charge in [0.1, 0.15) is 0 Å². The quantitative estimate of drug-likeness (QED) is 0.815. The second-order valence-corrected chi connectivity index (χ2v) is 6.55. The summed E-state index contributed by atoms with van der Waals surface area (Å²) in [5, 5.41) is 0. The van der Waals surface area contributed by atoms with Gasteiger partial charge in [-0.15, -0.1) is 0 Å². The lowest BCUT2D eigenvalue weighted by Crippen LogP contribution is -2.32. The second kappa shape index (κ2) is 6.16. The van der Waals surface area contributed by atoms with Crippen molar-refractivity contribution in [3.8, 4) is 0 Å². The van der Waals surface area contributed by atoms with Gasteiger partial charge in [-0.05, 0) is 31.4 Å². The van der Waals surface area contributed by atoms with Gasteiger partial charge in [-0.25, -0.2) is 0 Å². The number of hydrogen-bond acceptors (Lipinski definition) is 3. The molecule has 2 aromatic rings. The van der Waals surface area contributed by atoms with Gasteiger partial charge in [0.25, 0.3) is 0 Å². The van der Waals surface area contributed by atoms with Crippen LogP contribution in [0.2, 0.25) is 0 Å². The Morgan fingerprint density at radius 2 is 2.00 bits per heavy atom. The van der Waals surface area contributed by atoms with Gasteiger partial charge in [0.15, 0.2) is 5.78 Å². The first kappa shape index (κ1) is 15.0. The molecule has 2 aliphatic rings. The Kier molecular flexibility index (Phi) is 3.85. The number of carbonyl (C=O) groups excluding carboxylic acids is 1. The van der Waals surface area contributed by atoms with Crippen LogP contribution in [0.1, 0.15) is 43.2 Å². The Labute approximate surface area is 142 Å². The number of carbonyl (C=O) groups is 1. The van der Waals surface area contributed by atoms with E-state index in [1.165, 1.54) is 17.0 Å². The van der Waals surface area contributed by atoms with E-state index in [0.717, 1.165) is 30.5 Å². The van der Waals surface area contributed by atoms with Crippen LogP contribution in [0.5, 0.6) is 0 Å². The van der Waals surface area contributed by atoms with Crippen molar-refractivity contribution in [3.05, 3.63) is 83.1 Å². The summed E-state index contributed by atoms with van der Waals surface area (Å²) >= 11 is 0. The first-order valence-electron chi connectivity index (χ1n) is 8.52. The molecule has 0 N–H and O–H groups in total. The largest absolute Gasteiger partial charge is 0.472 e. The lowest BCUT2D eigenvalue weighted by Gasteiger charge is -2.38. The molecule has 3 heteroatoms. The molecule has 24 heavy (non-hydrogen) atoms. The summed E-state index contributed by atoms with van der Waals surface area (Å²) < 4.78 is 5.26. The molecule has 0 fully saturated rings. The number of nitrogens with zero attached hydrogens (tertiary/aromatic N) is 1. The molecule has 0 saturated carbocycles. The zero-order valence-corrected chi connectivity index (χ0v) is 13.9. The maximum absolute atomic E-state index is 12.7. The summed E-state index contributed by atoms with van der Waals surface area (Å²) in [5.41, 5.74) is 5.69. The molecule has 3 nitrogen and oxygen atoms in total. The SMILES string of the molecule is CC1=CC(c2ccoc2)C2=C(CCCC2=O)N1Cc1ccccc1. The van der Waals surface area contributed by atoms with E-state index in [1.54, 1.807) is 12.5 Å². The van der Waals surface area contributed by atoms with Gasteiger partial charge < -0.3 is 9.32 Å². The van der Waals surface area contributed by atoms with E-state index in [2.05, 4.69) is 42.2 Å². The third kappa shape index (κ3) is 2.60. The fourth-order valence-electron chi connectivity index (χ4n) is 3.81. The first-order chi connectivity index (χ1) is 11.7. The normalized spacial score (nSPS) is 20.9. The topological polar surface area (TPSA) is 33.5 Å². The summed E-state index contributed by atoms with van der Waals surface area (Å²) in [4.78, 5) is 15.0. The van der Waals surface area contributed by atoms with Crippen molar-refractivity contribution in [2.75, 3.05) is 0 Å². The highest BCUT2D eigenvalue weighted by molar-refractivity contribution is 5.99. The number of furan rings is 1. The summed E-state index contributed by atoms with van der Waals surface area (Å²) in [7, 11) is 0. The van der Waals surface area contributed by atoms with Gasteiger partial charge in [-0.2, -0.15) is 0 Å². The average molecular weight is 319 g/mol. The number of allylic oxidation sites excluding steroid dienone is 4. The second-order valence-electron chi connectivity index (χ2n) is 6.55. The fraction of sp³-hybridized carbons (Fsp3) is 0.286. The molecule has 122 valence electrons. The van der Waals surface area contributed by atoms with Crippen LogP contribution in [0.4, 0.5) is 0 Å². The Morgan fingerprint density at radius 1 is 1.17 bits per heavy atom. The van der Waals surface area contributed by atoms with E-state index in [4.69, 9.17) is 4.42 Å². The minimum absolute atomic E-state index is 0.0265. The van der Waals surface area contributed by atoms with Crippen LogP contribution in [-0.4, -0.2) is 10.7 Å². The molecular weight excluding hydrogens is 298 g/mol. The first-order valence-corrected chi connectivity index (χ1v) is 8.52. The van der Waals surface area contributed by atoms with Crippen molar-refractivity contribution in [3.63, 3.8) is 0 Å². The van der Waals surface area contributed by atoms with Gasteiger partial charge in [-0.1, -0.05) is 36.4 Å². The predicted molar refractivity (Wildman–Crippen MR) is 93.1 cm³/mol. The number of ketones is 1. The molecule has 0 bridgehead atoms. The molecule has 0 amide bonds. The van der Waals surface area contributed by atoms with Crippen molar-refractivity contribution >= 4 is 5.78 Å². The van der Waals surface area contributed by atoms with Crippen LogP contribution >= 0.6 is 0 Å². The van der Waals surface area contributed by atoms with Crippen molar-refractivity contribution in [1.82, 2.24) is 4.90 Å². The smallest absolute Gasteiger partial charge is 0.161 e. The van der Waals surface area contributed by atoms with Crippen LogP contribution in [-0.2, 0) is 11.3 Å². The molecule has 0 saturated heterocycles. The molecule has 1 aromatic heterocycles. The molecule has 1 aliphatic carbocycles. The molecule has 1 unspecified atom stereocenters. The maximum atomic E-state index is 12.7. The lowest BCUT2D eigenvalue weighted by atomic mass is 9.79. The van der Waals surface area contributed by atoms with Gasteiger partial charge in [-0.3, -0.25) is 4.79 Å². The van der Waals surface area contributed by atoms with Gasteiger partial charge in [0, 0.05) is 41.4 Å². The fourth-order valence-corrected chi connectivity index (χ4v) is 3.81. The minimum atomic E-state index is 0.0265. The van der Waals surface area contributed by atoms with Crippen molar-refractivity contribution in [2.45, 2.75) is 38.6 Å². The Hall–Kier alpha value is -2.55. The van der Waals surface area contributed by atoms with E-state index < -0.39 is 0 Å². The highest BCUT2D eigenvalue weighted by Gasteiger charge is 2.34. The third-order valence-electron chi connectivity index (χ3n) is 4.98. The van der Waals surface area contributed by atoms with E-state index in [0.29, 0.717) is 6.42 Å². The molecular formula is C21H21NO2. The molecule has 1 aromatic carbocycles. The maximum Gasteiger partial charge on any atom is 0.161 e.